The molecule has 5 rings (SSSR count). The van der Waals surface area contributed by atoms with Crippen molar-refractivity contribution in [2.45, 2.75) is 39.7 Å². The zero-order valence-corrected chi connectivity index (χ0v) is 14.8. The Morgan fingerprint density at radius 2 is 2.19 bits per heavy atom. The molecule has 134 valence electrons. The number of aromatic nitrogens is 3. The zero-order chi connectivity index (χ0) is 18.1. The number of hydrogen-bond donors (Lipinski definition) is 0. The van der Waals surface area contributed by atoms with Gasteiger partial charge in [0.25, 0.3) is 0 Å². The van der Waals surface area contributed by atoms with Gasteiger partial charge in [0.1, 0.15) is 12.2 Å². The summed E-state index contributed by atoms with van der Waals surface area (Å²) in [5.74, 6) is 0.992. The van der Waals surface area contributed by atoms with E-state index in [2.05, 4.69) is 15.1 Å². The molecule has 3 aliphatic rings. The minimum absolute atomic E-state index is 0.0437. The number of fused-ring (bicyclic) bond motifs is 5. The largest absolute Gasteiger partial charge is 0.337 e. The lowest BCUT2D eigenvalue weighted by molar-refractivity contribution is -0.143. The molecule has 2 aromatic heterocycles. The van der Waals surface area contributed by atoms with Gasteiger partial charge in [0.2, 0.25) is 23.5 Å². The lowest BCUT2D eigenvalue weighted by Gasteiger charge is -2.31. The number of aryl methyl sites for hydroxylation is 1. The van der Waals surface area contributed by atoms with Gasteiger partial charge in [-0.25, -0.2) is 0 Å². The minimum Gasteiger partial charge on any atom is -0.337 e. The summed E-state index contributed by atoms with van der Waals surface area (Å²) in [4.78, 5) is 35.9. The van der Waals surface area contributed by atoms with Crippen LogP contribution in [0.5, 0.6) is 0 Å². The van der Waals surface area contributed by atoms with E-state index in [-0.39, 0.29) is 30.2 Å². The maximum absolute atomic E-state index is 13.0. The predicted octanol–water partition coefficient (Wildman–Crippen LogP) is 2.36. The second kappa shape index (κ2) is 5.22. The molecular formula is C19H20N4O3. The van der Waals surface area contributed by atoms with E-state index in [1.54, 1.807) is 6.20 Å². The molecule has 26 heavy (non-hydrogen) atoms. The van der Waals surface area contributed by atoms with Crippen LogP contribution in [0.3, 0.4) is 0 Å². The lowest BCUT2D eigenvalue weighted by Crippen LogP contribution is -2.38. The molecular weight excluding hydrogens is 332 g/mol. The number of likely N-dealkylation sites (tertiary alicyclic amines) is 1. The first-order valence-electron chi connectivity index (χ1n) is 9.10. The first-order chi connectivity index (χ1) is 12.5. The van der Waals surface area contributed by atoms with Gasteiger partial charge in [0.15, 0.2) is 0 Å². The quantitative estimate of drug-likeness (QED) is 0.788. The smallest absolute Gasteiger partial charge is 0.247 e. The number of nitrogens with zero attached hydrogens (tertiary/aromatic N) is 4. The van der Waals surface area contributed by atoms with Crippen LogP contribution in [0.1, 0.15) is 37.6 Å². The van der Waals surface area contributed by atoms with E-state index < -0.39 is 5.41 Å². The topological polar surface area (TPSA) is 89.2 Å². The van der Waals surface area contributed by atoms with Crippen molar-refractivity contribution in [1.29, 1.82) is 0 Å². The van der Waals surface area contributed by atoms with E-state index in [1.807, 2.05) is 26.0 Å². The molecule has 2 amide bonds. The van der Waals surface area contributed by atoms with Crippen molar-refractivity contribution in [2.75, 3.05) is 0 Å². The summed E-state index contributed by atoms with van der Waals surface area (Å²) >= 11 is 0. The maximum Gasteiger partial charge on any atom is 0.247 e. The first kappa shape index (κ1) is 15.7. The molecule has 7 heteroatoms. The van der Waals surface area contributed by atoms with Gasteiger partial charge in [-0.2, -0.15) is 4.98 Å². The standard InChI is InChI=1S/C19H20N4O3/c1-10-5-6-20-13(7-10)16-21-14(26-22-16)9-23-17(24)15-11-3-4-12(8-11)19(15,2)18(23)25/h5-7,11-12,15H,3-4,8-9H2,1-2H3/t11-,12+,15?,19+/m1/s1. The third-order valence-corrected chi connectivity index (χ3v) is 6.58. The summed E-state index contributed by atoms with van der Waals surface area (Å²) in [6.45, 7) is 3.97. The van der Waals surface area contributed by atoms with Crippen molar-refractivity contribution in [1.82, 2.24) is 20.0 Å². The van der Waals surface area contributed by atoms with Gasteiger partial charge in [0, 0.05) is 6.20 Å². The van der Waals surface area contributed by atoms with E-state index in [1.165, 1.54) is 4.90 Å². The van der Waals surface area contributed by atoms with Crippen LogP contribution in [0.25, 0.3) is 11.5 Å². The Morgan fingerprint density at radius 3 is 2.96 bits per heavy atom. The van der Waals surface area contributed by atoms with Gasteiger partial charge in [-0.05, 0) is 62.6 Å². The van der Waals surface area contributed by atoms with E-state index in [0.717, 1.165) is 24.8 Å². The van der Waals surface area contributed by atoms with Crippen molar-refractivity contribution in [2.24, 2.45) is 23.2 Å². The summed E-state index contributed by atoms with van der Waals surface area (Å²) in [7, 11) is 0. The van der Waals surface area contributed by atoms with Crippen LogP contribution in [-0.2, 0) is 16.1 Å². The molecule has 3 heterocycles. The van der Waals surface area contributed by atoms with Crippen LogP contribution in [0, 0.1) is 30.1 Å². The van der Waals surface area contributed by atoms with Crippen molar-refractivity contribution in [3.8, 4) is 11.5 Å². The molecule has 1 aliphatic heterocycles. The number of carbonyl (C=O) groups excluding carboxylic acids is 2. The van der Waals surface area contributed by atoms with Gasteiger partial charge in [-0.3, -0.25) is 19.5 Å². The third-order valence-electron chi connectivity index (χ3n) is 6.58. The van der Waals surface area contributed by atoms with Crippen LogP contribution in [0.4, 0.5) is 0 Å². The molecule has 7 nitrogen and oxygen atoms in total. The number of imide groups is 1. The molecule has 4 atom stereocenters. The fraction of sp³-hybridized carbons (Fsp3) is 0.526. The Balaban J connectivity index is 1.41. The normalized spacial score (nSPS) is 32.5. The summed E-state index contributed by atoms with van der Waals surface area (Å²) in [5, 5.41) is 3.95. The average molecular weight is 352 g/mol. The number of hydrogen-bond acceptors (Lipinski definition) is 6. The summed E-state index contributed by atoms with van der Waals surface area (Å²) in [6.07, 6.45) is 4.80. The first-order valence-corrected chi connectivity index (χ1v) is 9.10. The Bertz CT molecular complexity index is 923. The lowest BCUT2D eigenvalue weighted by atomic mass is 9.69. The molecule has 1 unspecified atom stereocenters. The molecule has 0 aromatic carbocycles. The van der Waals surface area contributed by atoms with Gasteiger partial charge < -0.3 is 4.52 Å². The monoisotopic (exact) mass is 352 g/mol. The molecule has 2 bridgehead atoms. The van der Waals surface area contributed by atoms with E-state index >= 15 is 0 Å². The molecule has 2 aliphatic carbocycles. The number of rotatable bonds is 3. The molecule has 0 N–H and O–H groups in total. The second-order valence-electron chi connectivity index (χ2n) is 7.99. The van der Waals surface area contributed by atoms with E-state index in [0.29, 0.717) is 23.4 Å². The Labute approximate surface area is 150 Å². The second-order valence-corrected chi connectivity index (χ2v) is 7.99. The number of amides is 2. The van der Waals surface area contributed by atoms with Gasteiger partial charge in [-0.15, -0.1) is 0 Å². The van der Waals surface area contributed by atoms with Crippen LogP contribution in [-0.4, -0.2) is 31.8 Å². The van der Waals surface area contributed by atoms with E-state index in [9.17, 15) is 9.59 Å². The molecule has 2 aromatic rings. The van der Waals surface area contributed by atoms with Crippen molar-refractivity contribution in [3.63, 3.8) is 0 Å². The Kier molecular flexibility index (Phi) is 3.14. The summed E-state index contributed by atoms with van der Waals surface area (Å²) < 4.78 is 5.29. The van der Waals surface area contributed by atoms with E-state index in [4.69, 9.17) is 4.52 Å². The fourth-order valence-electron chi connectivity index (χ4n) is 5.30. The highest BCUT2D eigenvalue weighted by atomic mass is 16.5. The Morgan fingerprint density at radius 1 is 1.35 bits per heavy atom. The zero-order valence-electron chi connectivity index (χ0n) is 14.8. The SMILES string of the molecule is Cc1ccnc(-c2noc(CN3C(=O)C4[C@@H]5CC[C@@H](C5)[C@]4(C)C3=O)n2)c1. The van der Waals surface area contributed by atoms with Crippen molar-refractivity contribution >= 4 is 11.8 Å². The Hall–Kier alpha value is -2.57. The maximum atomic E-state index is 13.0. The number of pyridine rings is 1. The number of carbonyl (C=O) groups is 2. The summed E-state index contributed by atoms with van der Waals surface area (Å²) in [5.41, 5.74) is 1.12. The van der Waals surface area contributed by atoms with Crippen LogP contribution < -0.4 is 0 Å². The highest BCUT2D eigenvalue weighted by Gasteiger charge is 2.68. The fourth-order valence-corrected chi connectivity index (χ4v) is 5.30. The minimum atomic E-state index is -0.541. The van der Waals surface area contributed by atoms with Crippen LogP contribution >= 0.6 is 0 Å². The van der Waals surface area contributed by atoms with Gasteiger partial charge in [-0.1, -0.05) is 5.16 Å². The van der Waals surface area contributed by atoms with Crippen molar-refractivity contribution in [3.05, 3.63) is 29.8 Å². The summed E-state index contributed by atoms with van der Waals surface area (Å²) in [6, 6.07) is 3.75. The predicted molar refractivity (Wildman–Crippen MR) is 90.3 cm³/mol. The molecule has 0 radical (unpaired) electrons. The molecule has 0 spiro atoms. The average Bonchev–Trinajstić information content (AvgIpc) is 3.36. The van der Waals surface area contributed by atoms with Crippen LogP contribution in [0.15, 0.2) is 22.9 Å². The van der Waals surface area contributed by atoms with Gasteiger partial charge in [0.05, 0.1) is 11.3 Å². The highest BCUT2D eigenvalue weighted by Crippen LogP contribution is 2.63. The molecule has 3 fully saturated rings. The third kappa shape index (κ3) is 1.97. The van der Waals surface area contributed by atoms with Gasteiger partial charge >= 0.3 is 0 Å². The molecule has 2 saturated carbocycles. The van der Waals surface area contributed by atoms with Crippen molar-refractivity contribution < 1.29 is 14.1 Å². The molecule has 1 saturated heterocycles. The highest BCUT2D eigenvalue weighted by molar-refractivity contribution is 6.08. The van der Waals surface area contributed by atoms with Crippen LogP contribution in [0.2, 0.25) is 0 Å².